The van der Waals surface area contributed by atoms with Crippen molar-refractivity contribution in [3.05, 3.63) is 29.8 Å². The maximum atomic E-state index is 12.8. The van der Waals surface area contributed by atoms with Crippen LogP contribution >= 0.6 is 11.8 Å². The van der Waals surface area contributed by atoms with E-state index in [4.69, 9.17) is 10.5 Å². The monoisotopic (exact) mass is 466 g/mol. The van der Waals surface area contributed by atoms with Gasteiger partial charge in [0.1, 0.15) is 11.8 Å². The molecular weight excluding hydrogens is 432 g/mol. The van der Waals surface area contributed by atoms with Crippen molar-refractivity contribution in [2.45, 2.75) is 37.9 Å². The molecule has 32 heavy (non-hydrogen) atoms. The topological polar surface area (TPSA) is 125 Å². The number of carboxylic acid groups (broad SMARTS) is 1. The number of rotatable bonds is 13. The van der Waals surface area contributed by atoms with Crippen molar-refractivity contribution < 1.29 is 24.2 Å². The second kappa shape index (κ2) is 13.3. The lowest BCUT2D eigenvalue weighted by atomic mass is 10.1. The van der Waals surface area contributed by atoms with Gasteiger partial charge in [-0.1, -0.05) is 18.2 Å². The SMILES string of the molecule is COc1ccccc1CN(CC(=O)NC(CCSC)C(=O)O)C[C@@H]1CCCN1C(=O)CN. The minimum Gasteiger partial charge on any atom is -0.496 e. The Morgan fingerprint density at radius 3 is 2.78 bits per heavy atom. The molecule has 1 aliphatic rings. The van der Waals surface area contributed by atoms with Crippen molar-refractivity contribution in [2.24, 2.45) is 5.73 Å². The van der Waals surface area contributed by atoms with E-state index in [9.17, 15) is 19.5 Å². The number of hydrogen-bond acceptors (Lipinski definition) is 7. The molecule has 0 saturated carbocycles. The summed E-state index contributed by atoms with van der Waals surface area (Å²) < 4.78 is 5.45. The Hall–Kier alpha value is -2.30. The van der Waals surface area contributed by atoms with Crippen molar-refractivity contribution in [2.75, 3.05) is 45.3 Å². The molecule has 2 amide bonds. The maximum Gasteiger partial charge on any atom is 0.326 e. The van der Waals surface area contributed by atoms with Gasteiger partial charge in [-0.2, -0.15) is 11.8 Å². The molecule has 0 aliphatic carbocycles. The van der Waals surface area contributed by atoms with Gasteiger partial charge in [0.2, 0.25) is 11.8 Å². The van der Waals surface area contributed by atoms with Crippen LogP contribution in [-0.4, -0.2) is 90.1 Å². The molecule has 4 N–H and O–H groups in total. The Morgan fingerprint density at radius 2 is 2.12 bits per heavy atom. The van der Waals surface area contributed by atoms with Crippen LogP contribution in [0.25, 0.3) is 0 Å². The molecule has 9 nitrogen and oxygen atoms in total. The first-order valence-corrected chi connectivity index (χ1v) is 12.1. The summed E-state index contributed by atoms with van der Waals surface area (Å²) >= 11 is 1.53. The standard InChI is InChI=1S/C22H34N4O5S/c1-31-19-8-4-3-6-16(19)13-25(14-17-7-5-10-26(17)21(28)12-23)15-20(27)24-18(22(29)30)9-11-32-2/h3-4,6,8,17-18H,5,7,9-15,23H2,1-2H3,(H,24,27)(H,29,30)/t17-,18?/m0/s1. The van der Waals surface area contributed by atoms with Crippen LogP contribution in [0.4, 0.5) is 0 Å². The molecule has 10 heteroatoms. The van der Waals surface area contributed by atoms with E-state index in [1.54, 1.807) is 12.0 Å². The fourth-order valence-corrected chi connectivity index (χ4v) is 4.44. The van der Waals surface area contributed by atoms with Crippen LogP contribution in [0.15, 0.2) is 24.3 Å². The summed E-state index contributed by atoms with van der Waals surface area (Å²) in [4.78, 5) is 40.2. The van der Waals surface area contributed by atoms with E-state index < -0.39 is 12.0 Å². The van der Waals surface area contributed by atoms with Crippen LogP contribution < -0.4 is 15.8 Å². The van der Waals surface area contributed by atoms with Crippen LogP contribution in [0.2, 0.25) is 0 Å². The fraction of sp³-hybridized carbons (Fsp3) is 0.591. The first kappa shape index (κ1) is 26.0. The van der Waals surface area contributed by atoms with Gasteiger partial charge in [0.05, 0.1) is 20.2 Å². The number of ether oxygens (including phenoxy) is 1. The highest BCUT2D eigenvalue weighted by molar-refractivity contribution is 7.98. The number of aliphatic carboxylic acids is 1. The summed E-state index contributed by atoms with van der Waals surface area (Å²) in [6.45, 7) is 1.55. The lowest BCUT2D eigenvalue weighted by molar-refractivity contribution is -0.142. The lowest BCUT2D eigenvalue weighted by Crippen LogP contribution is -2.49. The summed E-state index contributed by atoms with van der Waals surface area (Å²) in [6, 6.07) is 6.60. The molecule has 0 aromatic heterocycles. The largest absolute Gasteiger partial charge is 0.496 e. The Labute approximate surface area is 193 Å². The second-order valence-corrected chi connectivity index (χ2v) is 8.79. The zero-order valence-corrected chi connectivity index (χ0v) is 19.6. The lowest BCUT2D eigenvalue weighted by Gasteiger charge is -2.31. The highest BCUT2D eigenvalue weighted by Gasteiger charge is 2.30. The van der Waals surface area contributed by atoms with Crippen LogP contribution in [0.1, 0.15) is 24.8 Å². The molecule has 1 aromatic carbocycles. The van der Waals surface area contributed by atoms with Gasteiger partial charge in [0.25, 0.3) is 0 Å². The smallest absolute Gasteiger partial charge is 0.326 e. The number of carbonyl (C=O) groups is 3. The molecule has 178 valence electrons. The van der Waals surface area contributed by atoms with Crippen LogP contribution in [-0.2, 0) is 20.9 Å². The molecule has 0 bridgehead atoms. The molecular formula is C22H34N4O5S. The van der Waals surface area contributed by atoms with E-state index in [0.29, 0.717) is 37.6 Å². The average molecular weight is 467 g/mol. The van der Waals surface area contributed by atoms with Gasteiger partial charge >= 0.3 is 5.97 Å². The number of para-hydroxylation sites is 1. The molecule has 1 heterocycles. The minimum atomic E-state index is -1.04. The Morgan fingerprint density at radius 1 is 1.38 bits per heavy atom. The van der Waals surface area contributed by atoms with Crippen molar-refractivity contribution in [3.8, 4) is 5.75 Å². The summed E-state index contributed by atoms with van der Waals surface area (Å²) in [5, 5.41) is 12.1. The summed E-state index contributed by atoms with van der Waals surface area (Å²) in [5.74, 6) is -0.150. The molecule has 1 aromatic rings. The normalized spacial score (nSPS) is 16.8. The average Bonchev–Trinajstić information content (AvgIpc) is 3.24. The number of hydrogen-bond donors (Lipinski definition) is 3. The molecule has 0 radical (unpaired) electrons. The number of nitrogens with zero attached hydrogens (tertiary/aromatic N) is 2. The predicted octanol–water partition coefficient (Wildman–Crippen LogP) is 0.769. The number of methoxy groups -OCH3 is 1. The zero-order chi connectivity index (χ0) is 23.5. The molecule has 1 aliphatic heterocycles. The van der Waals surface area contributed by atoms with Gasteiger partial charge in [0.15, 0.2) is 0 Å². The predicted molar refractivity (Wildman–Crippen MR) is 125 cm³/mol. The minimum absolute atomic E-state index is 0.0161. The van der Waals surface area contributed by atoms with Crippen molar-refractivity contribution in [3.63, 3.8) is 0 Å². The Balaban J connectivity index is 2.15. The van der Waals surface area contributed by atoms with Crippen molar-refractivity contribution >= 4 is 29.5 Å². The maximum absolute atomic E-state index is 12.8. The van der Waals surface area contributed by atoms with E-state index in [1.807, 2.05) is 35.4 Å². The number of thioether (sulfide) groups is 1. The molecule has 2 atom stereocenters. The van der Waals surface area contributed by atoms with Crippen LogP contribution in [0, 0.1) is 0 Å². The van der Waals surface area contributed by atoms with Gasteiger partial charge in [0, 0.05) is 31.2 Å². The van der Waals surface area contributed by atoms with Crippen molar-refractivity contribution in [1.82, 2.24) is 15.1 Å². The van der Waals surface area contributed by atoms with Gasteiger partial charge in [-0.05, 0) is 37.3 Å². The first-order chi connectivity index (χ1) is 15.4. The number of nitrogens with two attached hydrogens (primary N) is 1. The molecule has 0 spiro atoms. The second-order valence-electron chi connectivity index (χ2n) is 7.81. The highest BCUT2D eigenvalue weighted by atomic mass is 32.2. The van der Waals surface area contributed by atoms with Gasteiger partial charge in [-0.3, -0.25) is 14.5 Å². The van der Waals surface area contributed by atoms with E-state index >= 15 is 0 Å². The molecule has 1 saturated heterocycles. The quantitative estimate of drug-likeness (QED) is 0.389. The van der Waals surface area contributed by atoms with Crippen LogP contribution in [0.5, 0.6) is 5.75 Å². The number of likely N-dealkylation sites (tertiary alicyclic amines) is 1. The number of nitrogens with one attached hydrogen (secondary N) is 1. The third kappa shape index (κ3) is 7.68. The summed E-state index contributed by atoms with van der Waals surface area (Å²) in [6.07, 6.45) is 3.98. The van der Waals surface area contributed by atoms with Gasteiger partial charge in [-0.15, -0.1) is 0 Å². The summed E-state index contributed by atoms with van der Waals surface area (Å²) in [5.41, 5.74) is 6.48. The van der Waals surface area contributed by atoms with Gasteiger partial charge < -0.3 is 25.8 Å². The first-order valence-electron chi connectivity index (χ1n) is 10.7. The van der Waals surface area contributed by atoms with E-state index in [0.717, 1.165) is 18.4 Å². The van der Waals surface area contributed by atoms with Gasteiger partial charge in [-0.25, -0.2) is 4.79 Å². The van der Waals surface area contributed by atoms with E-state index in [1.165, 1.54) is 11.8 Å². The van der Waals surface area contributed by atoms with E-state index in [-0.39, 0.29) is 30.9 Å². The van der Waals surface area contributed by atoms with E-state index in [2.05, 4.69) is 5.32 Å². The summed E-state index contributed by atoms with van der Waals surface area (Å²) in [7, 11) is 1.59. The number of benzene rings is 1. The molecule has 1 fully saturated rings. The third-order valence-corrected chi connectivity index (χ3v) is 6.18. The molecule has 2 rings (SSSR count). The zero-order valence-electron chi connectivity index (χ0n) is 18.8. The Kier molecular flexibility index (Phi) is 10.8. The molecule has 1 unspecified atom stereocenters. The highest BCUT2D eigenvalue weighted by Crippen LogP contribution is 2.22. The third-order valence-electron chi connectivity index (χ3n) is 5.54. The fourth-order valence-electron chi connectivity index (χ4n) is 3.96. The van der Waals surface area contributed by atoms with Crippen molar-refractivity contribution in [1.29, 1.82) is 0 Å². The van der Waals surface area contributed by atoms with Crippen LogP contribution in [0.3, 0.4) is 0 Å². The number of carboxylic acids is 1. The number of amides is 2. The Bertz CT molecular complexity index is 778. The number of carbonyl (C=O) groups excluding carboxylic acids is 2.